The van der Waals surface area contributed by atoms with Crippen LogP contribution >= 0.6 is 0 Å². The van der Waals surface area contributed by atoms with E-state index in [1.807, 2.05) is 13.8 Å². The van der Waals surface area contributed by atoms with E-state index >= 15 is 0 Å². The van der Waals surface area contributed by atoms with Gasteiger partial charge >= 0.3 is 0 Å². The highest BCUT2D eigenvalue weighted by Gasteiger charge is 2.10. The van der Waals surface area contributed by atoms with E-state index < -0.39 is 0 Å². The smallest absolute Gasteiger partial charge is 0.263 e. The standard InChI is InChI=1S/C13H15N3O3/c1-8-9(2)15-16-13(8)14-12(18)7-19-11-6-4-3-5-10(11)17/h3-6,17H,7H2,1-2H3,(H2,14,15,16,18). The summed E-state index contributed by atoms with van der Waals surface area (Å²) in [6.45, 7) is 3.54. The number of ether oxygens (including phenoxy) is 1. The molecule has 3 N–H and O–H groups in total. The molecule has 0 saturated heterocycles. The molecule has 2 rings (SSSR count). The summed E-state index contributed by atoms with van der Waals surface area (Å²) in [7, 11) is 0. The lowest BCUT2D eigenvalue weighted by Crippen LogP contribution is -2.20. The van der Waals surface area contributed by atoms with Crippen LogP contribution in [-0.4, -0.2) is 27.8 Å². The van der Waals surface area contributed by atoms with Crippen molar-refractivity contribution in [2.75, 3.05) is 11.9 Å². The van der Waals surface area contributed by atoms with Gasteiger partial charge in [0.05, 0.1) is 0 Å². The fourth-order valence-electron chi connectivity index (χ4n) is 1.50. The van der Waals surface area contributed by atoms with Gasteiger partial charge in [-0.1, -0.05) is 12.1 Å². The second-order valence-electron chi connectivity index (χ2n) is 4.13. The summed E-state index contributed by atoms with van der Waals surface area (Å²) in [4.78, 5) is 11.7. The predicted molar refractivity (Wildman–Crippen MR) is 70.3 cm³/mol. The summed E-state index contributed by atoms with van der Waals surface area (Å²) >= 11 is 0. The molecule has 0 atom stereocenters. The molecule has 0 saturated carbocycles. The number of nitrogens with zero attached hydrogens (tertiary/aromatic N) is 1. The van der Waals surface area contributed by atoms with E-state index in [0.29, 0.717) is 5.82 Å². The zero-order valence-corrected chi connectivity index (χ0v) is 10.7. The minimum absolute atomic E-state index is 0.00194. The maximum Gasteiger partial charge on any atom is 0.263 e. The van der Waals surface area contributed by atoms with Gasteiger partial charge in [0.2, 0.25) is 0 Å². The SMILES string of the molecule is Cc1[nH]nc(NC(=O)COc2ccccc2O)c1C. The van der Waals surface area contributed by atoms with Crippen molar-refractivity contribution in [2.24, 2.45) is 0 Å². The van der Waals surface area contributed by atoms with Crippen LogP contribution in [0.5, 0.6) is 11.5 Å². The highest BCUT2D eigenvalue weighted by molar-refractivity contribution is 5.91. The monoisotopic (exact) mass is 261 g/mol. The van der Waals surface area contributed by atoms with E-state index in [2.05, 4.69) is 15.5 Å². The van der Waals surface area contributed by atoms with Crippen LogP contribution in [0, 0.1) is 13.8 Å². The fourth-order valence-corrected chi connectivity index (χ4v) is 1.50. The van der Waals surface area contributed by atoms with Gasteiger partial charge in [0.15, 0.2) is 23.9 Å². The van der Waals surface area contributed by atoms with Gasteiger partial charge in [-0.25, -0.2) is 0 Å². The van der Waals surface area contributed by atoms with Crippen molar-refractivity contribution in [3.63, 3.8) is 0 Å². The zero-order valence-electron chi connectivity index (χ0n) is 10.7. The maximum absolute atomic E-state index is 11.7. The molecular weight excluding hydrogens is 246 g/mol. The number of anilines is 1. The van der Waals surface area contributed by atoms with E-state index in [-0.39, 0.29) is 24.0 Å². The summed E-state index contributed by atoms with van der Waals surface area (Å²) in [5.74, 6) is 0.427. The van der Waals surface area contributed by atoms with Crippen molar-refractivity contribution < 1.29 is 14.6 Å². The Morgan fingerprint density at radius 3 is 2.79 bits per heavy atom. The molecule has 1 heterocycles. The van der Waals surface area contributed by atoms with Crippen LogP contribution in [0.4, 0.5) is 5.82 Å². The third-order valence-electron chi connectivity index (χ3n) is 2.73. The maximum atomic E-state index is 11.7. The van der Waals surface area contributed by atoms with Gasteiger partial charge in [-0.05, 0) is 26.0 Å². The molecule has 1 aromatic heterocycles. The molecule has 0 aliphatic heterocycles. The lowest BCUT2D eigenvalue weighted by Gasteiger charge is -2.07. The van der Waals surface area contributed by atoms with Crippen LogP contribution in [0.15, 0.2) is 24.3 Å². The first-order valence-corrected chi connectivity index (χ1v) is 5.80. The van der Waals surface area contributed by atoms with Gasteiger partial charge in [-0.2, -0.15) is 5.10 Å². The lowest BCUT2D eigenvalue weighted by atomic mass is 10.3. The third kappa shape index (κ3) is 3.04. The number of hydrogen-bond donors (Lipinski definition) is 3. The van der Waals surface area contributed by atoms with E-state index in [1.165, 1.54) is 6.07 Å². The highest BCUT2D eigenvalue weighted by Crippen LogP contribution is 2.24. The topological polar surface area (TPSA) is 87.2 Å². The second-order valence-corrected chi connectivity index (χ2v) is 4.13. The lowest BCUT2D eigenvalue weighted by molar-refractivity contribution is -0.118. The first-order valence-electron chi connectivity index (χ1n) is 5.80. The molecule has 0 aliphatic rings. The Morgan fingerprint density at radius 2 is 2.16 bits per heavy atom. The molecule has 0 bridgehead atoms. The number of aromatic hydroxyl groups is 1. The Bertz CT molecular complexity index is 593. The predicted octanol–water partition coefficient (Wildman–Crippen LogP) is 1.75. The summed E-state index contributed by atoms with van der Waals surface area (Å²) in [6.07, 6.45) is 0. The summed E-state index contributed by atoms with van der Waals surface area (Å²) in [6, 6.07) is 6.48. The first-order chi connectivity index (χ1) is 9.08. The number of nitrogens with one attached hydrogen (secondary N) is 2. The Balaban J connectivity index is 1.92. The Morgan fingerprint density at radius 1 is 1.42 bits per heavy atom. The van der Waals surface area contributed by atoms with Crippen LogP contribution < -0.4 is 10.1 Å². The van der Waals surface area contributed by atoms with Crippen LogP contribution in [0.2, 0.25) is 0 Å². The number of benzene rings is 1. The molecule has 0 fully saturated rings. The molecule has 2 aromatic rings. The van der Waals surface area contributed by atoms with E-state index in [0.717, 1.165) is 11.3 Å². The third-order valence-corrected chi connectivity index (χ3v) is 2.73. The Hall–Kier alpha value is -2.50. The summed E-state index contributed by atoms with van der Waals surface area (Å²) in [5.41, 5.74) is 1.79. The Kier molecular flexibility index (Phi) is 3.70. The minimum atomic E-state index is -0.335. The van der Waals surface area contributed by atoms with Crippen molar-refractivity contribution in [1.29, 1.82) is 0 Å². The number of amides is 1. The van der Waals surface area contributed by atoms with Crippen molar-refractivity contribution >= 4 is 11.7 Å². The van der Waals surface area contributed by atoms with Crippen molar-refractivity contribution in [3.05, 3.63) is 35.5 Å². The van der Waals surface area contributed by atoms with Crippen molar-refractivity contribution in [2.45, 2.75) is 13.8 Å². The zero-order chi connectivity index (χ0) is 13.8. The highest BCUT2D eigenvalue weighted by atomic mass is 16.5. The molecule has 0 aliphatic carbocycles. The molecule has 6 nitrogen and oxygen atoms in total. The molecule has 100 valence electrons. The number of aromatic nitrogens is 2. The molecule has 6 heteroatoms. The van der Waals surface area contributed by atoms with Crippen LogP contribution in [-0.2, 0) is 4.79 Å². The molecular formula is C13H15N3O3. The van der Waals surface area contributed by atoms with Crippen molar-refractivity contribution in [1.82, 2.24) is 10.2 Å². The summed E-state index contributed by atoms with van der Waals surface area (Å²) < 4.78 is 5.22. The average Bonchev–Trinajstić information content (AvgIpc) is 2.70. The van der Waals surface area contributed by atoms with Gasteiger partial charge in [-0.3, -0.25) is 9.89 Å². The first kappa shape index (κ1) is 12.9. The Labute approximate surface area is 110 Å². The van der Waals surface area contributed by atoms with Gasteiger partial charge in [0.25, 0.3) is 5.91 Å². The average molecular weight is 261 g/mol. The number of carbonyl (C=O) groups excluding carboxylic acids is 1. The van der Waals surface area contributed by atoms with Gasteiger partial charge in [-0.15, -0.1) is 0 Å². The molecule has 1 aromatic carbocycles. The van der Waals surface area contributed by atoms with Gasteiger partial charge in [0.1, 0.15) is 0 Å². The van der Waals surface area contributed by atoms with Gasteiger partial charge in [0, 0.05) is 11.3 Å². The van der Waals surface area contributed by atoms with Crippen LogP contribution in [0.3, 0.4) is 0 Å². The number of phenolic OH excluding ortho intramolecular Hbond substituents is 1. The number of H-pyrrole nitrogens is 1. The number of aromatic amines is 1. The van der Waals surface area contributed by atoms with Crippen molar-refractivity contribution in [3.8, 4) is 11.5 Å². The van der Waals surface area contributed by atoms with E-state index in [9.17, 15) is 9.90 Å². The van der Waals surface area contributed by atoms with Crippen LogP contribution in [0.25, 0.3) is 0 Å². The second kappa shape index (κ2) is 5.43. The van der Waals surface area contributed by atoms with E-state index in [1.54, 1.807) is 18.2 Å². The number of hydrogen-bond acceptors (Lipinski definition) is 4. The van der Waals surface area contributed by atoms with Crippen LogP contribution in [0.1, 0.15) is 11.3 Å². The molecule has 0 unspecified atom stereocenters. The minimum Gasteiger partial charge on any atom is -0.504 e. The quantitative estimate of drug-likeness (QED) is 0.782. The number of rotatable bonds is 4. The number of aryl methyl sites for hydroxylation is 1. The summed E-state index contributed by atoms with van der Waals surface area (Å²) in [5, 5.41) is 18.9. The largest absolute Gasteiger partial charge is 0.504 e. The number of phenols is 1. The van der Waals surface area contributed by atoms with Gasteiger partial charge < -0.3 is 15.2 Å². The normalized spacial score (nSPS) is 10.2. The number of para-hydroxylation sites is 2. The number of carbonyl (C=O) groups is 1. The molecule has 0 radical (unpaired) electrons. The van der Waals surface area contributed by atoms with E-state index in [4.69, 9.17) is 4.74 Å². The molecule has 1 amide bonds. The molecule has 0 spiro atoms. The molecule has 19 heavy (non-hydrogen) atoms. The fraction of sp³-hybridized carbons (Fsp3) is 0.231.